The van der Waals surface area contributed by atoms with Gasteiger partial charge >= 0.3 is 0 Å². The van der Waals surface area contributed by atoms with E-state index in [0.717, 1.165) is 22.3 Å². The molecule has 0 aliphatic carbocycles. The smallest absolute Gasteiger partial charge is 0.243 e. The van der Waals surface area contributed by atoms with Gasteiger partial charge in [0.2, 0.25) is 11.8 Å². The molecule has 206 valence electrons. The van der Waals surface area contributed by atoms with E-state index in [1.807, 2.05) is 48.5 Å². The molecule has 1 aliphatic heterocycles. The fourth-order valence-electron chi connectivity index (χ4n) is 4.10. The zero-order valence-electron chi connectivity index (χ0n) is 21.4. The number of carbonyl (C=O) groups is 2. The largest absolute Gasteiger partial charge is 0.392 e. The van der Waals surface area contributed by atoms with Crippen molar-refractivity contribution in [3.05, 3.63) is 89.2 Å². The van der Waals surface area contributed by atoms with Gasteiger partial charge in [-0.15, -0.1) is 0 Å². The van der Waals surface area contributed by atoms with Crippen molar-refractivity contribution in [1.29, 1.82) is 0 Å². The van der Waals surface area contributed by atoms with Crippen LogP contribution in [0.3, 0.4) is 0 Å². The summed E-state index contributed by atoms with van der Waals surface area (Å²) >= 11 is 1.54. The number of ether oxygens (including phenoxy) is 2. The molecule has 39 heavy (non-hydrogen) atoms. The van der Waals surface area contributed by atoms with E-state index in [2.05, 4.69) is 15.3 Å². The Morgan fingerprint density at radius 1 is 0.923 bits per heavy atom. The molecule has 1 aromatic heterocycles. The van der Waals surface area contributed by atoms with Crippen LogP contribution in [0.1, 0.15) is 60.3 Å². The minimum Gasteiger partial charge on any atom is -0.392 e. The molecule has 0 spiro atoms. The van der Waals surface area contributed by atoms with E-state index in [1.165, 1.54) is 11.8 Å². The molecule has 11 heteroatoms. The Bertz CT molecular complexity index is 1200. The predicted octanol–water partition coefficient (Wildman–Crippen LogP) is 3.60. The summed E-state index contributed by atoms with van der Waals surface area (Å²) in [6.45, 7) is 0.343. The Morgan fingerprint density at radius 3 is 2.28 bits per heavy atom. The van der Waals surface area contributed by atoms with Gasteiger partial charge in [-0.3, -0.25) is 14.8 Å². The van der Waals surface area contributed by atoms with Gasteiger partial charge in [-0.05, 0) is 29.2 Å². The molecule has 10 nitrogen and oxygen atoms in total. The van der Waals surface area contributed by atoms with E-state index in [-0.39, 0.29) is 37.6 Å². The van der Waals surface area contributed by atoms with Crippen LogP contribution in [0, 0.1) is 0 Å². The van der Waals surface area contributed by atoms with Gasteiger partial charge in [0.25, 0.3) is 0 Å². The summed E-state index contributed by atoms with van der Waals surface area (Å²) in [5, 5.41) is 21.4. The first-order chi connectivity index (χ1) is 19.0. The molecule has 4 N–H and O–H groups in total. The van der Waals surface area contributed by atoms with E-state index in [4.69, 9.17) is 14.7 Å². The molecule has 0 bridgehead atoms. The molecule has 0 radical (unpaired) electrons. The Hall–Kier alpha value is -3.35. The normalized spacial score (nSPS) is 18.9. The first-order valence-corrected chi connectivity index (χ1v) is 13.7. The minimum absolute atomic E-state index is 0.0123. The topological polar surface area (TPSA) is 143 Å². The monoisotopic (exact) mass is 552 g/mol. The fraction of sp³-hybridized carbons (Fsp3) is 0.357. The minimum atomic E-state index is -0.579. The van der Waals surface area contributed by atoms with Gasteiger partial charge in [0, 0.05) is 49.5 Å². The summed E-state index contributed by atoms with van der Waals surface area (Å²) < 4.78 is 12.7. The molecule has 3 aromatic rings. The molecule has 0 unspecified atom stereocenters. The van der Waals surface area contributed by atoms with Crippen LogP contribution in [-0.2, 0) is 32.2 Å². The number of nitrogens with zero attached hydrogens (tertiary/aromatic N) is 2. The average Bonchev–Trinajstić information content (AvgIpc) is 2.99. The molecule has 1 fully saturated rings. The summed E-state index contributed by atoms with van der Waals surface area (Å²) in [4.78, 5) is 31.7. The summed E-state index contributed by atoms with van der Waals surface area (Å²) in [5.41, 5.74) is 5.19. The van der Waals surface area contributed by atoms with Crippen molar-refractivity contribution in [2.24, 2.45) is 0 Å². The van der Waals surface area contributed by atoms with E-state index in [1.54, 1.807) is 23.9 Å². The number of aliphatic hydroxyl groups is 1. The molecular formula is C28H32N4O6S. The highest BCUT2D eigenvalue weighted by Gasteiger charge is 2.32. The number of hydrogen-bond donors (Lipinski definition) is 4. The molecule has 2 heterocycles. The Morgan fingerprint density at radius 2 is 1.59 bits per heavy atom. The number of aromatic nitrogens is 2. The zero-order valence-corrected chi connectivity index (χ0v) is 22.2. The Balaban J connectivity index is 1.38. The quantitative estimate of drug-likeness (QED) is 0.115. The van der Waals surface area contributed by atoms with Crippen LogP contribution in [0.15, 0.2) is 72.1 Å². The number of thioether (sulfide) groups is 1. The average molecular weight is 553 g/mol. The van der Waals surface area contributed by atoms with E-state index in [0.29, 0.717) is 30.3 Å². The van der Waals surface area contributed by atoms with Crippen molar-refractivity contribution in [3.63, 3.8) is 0 Å². The third kappa shape index (κ3) is 8.84. The second-order valence-corrected chi connectivity index (χ2v) is 10.1. The summed E-state index contributed by atoms with van der Waals surface area (Å²) in [6.07, 6.45) is 3.87. The number of benzene rings is 2. The van der Waals surface area contributed by atoms with Crippen molar-refractivity contribution in [2.45, 2.75) is 62.5 Å². The van der Waals surface area contributed by atoms with Gasteiger partial charge < -0.3 is 19.9 Å². The SMILES string of the molecule is O=C(CCCC(=O)NCc1ccc([C@@H]2O[C@H](CSc3ncccn3)C[C@H](c3ccc(CO)cc3)O2)cc1)NO. The molecule has 4 rings (SSSR count). The van der Waals surface area contributed by atoms with Crippen molar-refractivity contribution in [3.8, 4) is 0 Å². The van der Waals surface area contributed by atoms with Crippen LogP contribution < -0.4 is 10.8 Å². The van der Waals surface area contributed by atoms with Crippen molar-refractivity contribution in [1.82, 2.24) is 20.8 Å². The van der Waals surface area contributed by atoms with Gasteiger partial charge in [-0.1, -0.05) is 60.3 Å². The van der Waals surface area contributed by atoms with Gasteiger partial charge in [0.15, 0.2) is 11.4 Å². The van der Waals surface area contributed by atoms with Crippen molar-refractivity contribution in [2.75, 3.05) is 5.75 Å². The van der Waals surface area contributed by atoms with E-state index in [9.17, 15) is 14.7 Å². The molecule has 2 amide bonds. The third-order valence-corrected chi connectivity index (χ3v) is 7.24. The summed E-state index contributed by atoms with van der Waals surface area (Å²) in [6, 6.07) is 17.2. The number of hydrogen-bond acceptors (Lipinski definition) is 9. The number of nitrogens with one attached hydrogen (secondary N) is 2. The van der Waals surface area contributed by atoms with Crippen LogP contribution in [0.4, 0.5) is 0 Å². The van der Waals surface area contributed by atoms with Gasteiger partial charge in [-0.25, -0.2) is 15.4 Å². The Kier molecular flexibility index (Phi) is 10.8. The number of rotatable bonds is 12. The van der Waals surface area contributed by atoms with Gasteiger partial charge in [0.05, 0.1) is 18.8 Å². The highest BCUT2D eigenvalue weighted by molar-refractivity contribution is 7.99. The highest BCUT2D eigenvalue weighted by atomic mass is 32.2. The lowest BCUT2D eigenvalue weighted by molar-refractivity contribution is -0.245. The number of aliphatic hydroxyl groups excluding tert-OH is 1. The highest BCUT2D eigenvalue weighted by Crippen LogP contribution is 2.39. The first-order valence-electron chi connectivity index (χ1n) is 12.7. The van der Waals surface area contributed by atoms with Crippen molar-refractivity contribution < 1.29 is 29.4 Å². The molecule has 1 aliphatic rings. The fourth-order valence-corrected chi connectivity index (χ4v) is 4.92. The molecule has 1 saturated heterocycles. The standard InChI is InChI=1S/C28H32N4O6S/c33-17-20-7-9-21(10-8-20)24-15-23(18-39-28-29-13-2-14-30-28)37-27(38-24)22-11-5-19(6-12-22)16-31-25(34)3-1-4-26(35)32-36/h2,5-14,23-24,27,33,36H,1,3-4,15-18H2,(H,31,34)(H,32,35)/t23-,24+,27+/m0/s1. The second-order valence-electron chi connectivity index (χ2n) is 9.10. The van der Waals surface area contributed by atoms with Crippen LogP contribution in [-0.4, -0.2) is 44.0 Å². The number of hydroxylamine groups is 1. The lowest BCUT2D eigenvalue weighted by atomic mass is 10.0. The number of amides is 2. The molecule has 0 saturated carbocycles. The van der Waals surface area contributed by atoms with Crippen LogP contribution >= 0.6 is 11.8 Å². The molecular weight excluding hydrogens is 520 g/mol. The first kappa shape index (κ1) is 28.7. The van der Waals surface area contributed by atoms with Crippen molar-refractivity contribution >= 4 is 23.6 Å². The number of carbonyl (C=O) groups excluding carboxylic acids is 2. The van der Waals surface area contributed by atoms with E-state index < -0.39 is 12.2 Å². The maximum atomic E-state index is 12.0. The molecule has 2 aromatic carbocycles. The maximum absolute atomic E-state index is 12.0. The maximum Gasteiger partial charge on any atom is 0.243 e. The summed E-state index contributed by atoms with van der Waals surface area (Å²) in [7, 11) is 0. The third-order valence-electron chi connectivity index (χ3n) is 6.23. The molecule has 3 atom stereocenters. The lowest BCUT2D eigenvalue weighted by Gasteiger charge is -2.36. The van der Waals surface area contributed by atoms with Crippen LogP contribution in [0.2, 0.25) is 0 Å². The van der Waals surface area contributed by atoms with Crippen LogP contribution in [0.5, 0.6) is 0 Å². The van der Waals surface area contributed by atoms with E-state index >= 15 is 0 Å². The predicted molar refractivity (Wildman–Crippen MR) is 143 cm³/mol. The summed E-state index contributed by atoms with van der Waals surface area (Å²) in [5.74, 6) is -0.00939. The zero-order chi connectivity index (χ0) is 27.5. The van der Waals surface area contributed by atoms with Crippen LogP contribution in [0.25, 0.3) is 0 Å². The lowest BCUT2D eigenvalue weighted by Crippen LogP contribution is -2.31. The van der Waals surface area contributed by atoms with Gasteiger partial charge in [-0.2, -0.15) is 0 Å². The van der Waals surface area contributed by atoms with Gasteiger partial charge in [0.1, 0.15) is 0 Å². The Labute approximate surface area is 231 Å². The second kappa shape index (κ2) is 14.7.